The molecule has 0 saturated carbocycles. The van der Waals surface area contributed by atoms with Crippen molar-refractivity contribution in [2.45, 2.75) is 18.9 Å². The number of anilines is 1. The molecular formula is C20H22N4O5S3. The standard InChI is InChI=1S/C20H22N4O5S3/c1-29-9-4-7-21-17-14(18(25)23-8-3-2-5-16(23)22-17)11-15-19(26)24(20(30)31-15)13-6-10-32(27,28)12-13/h2-3,5,8,11,13,21H,4,6-7,9-10,12H2,1H3. The van der Waals surface area contributed by atoms with Gasteiger partial charge in [-0.2, -0.15) is 0 Å². The lowest BCUT2D eigenvalue weighted by Gasteiger charge is -2.20. The van der Waals surface area contributed by atoms with Gasteiger partial charge in [0.15, 0.2) is 9.84 Å². The van der Waals surface area contributed by atoms with Crippen molar-refractivity contribution in [2.75, 3.05) is 37.1 Å². The molecule has 0 aliphatic carbocycles. The molecule has 170 valence electrons. The first kappa shape index (κ1) is 22.9. The molecule has 1 amide bonds. The Kier molecular flexibility index (Phi) is 6.65. The number of rotatable bonds is 7. The highest BCUT2D eigenvalue weighted by atomic mass is 32.2. The number of nitrogens with zero attached hydrogens (tertiary/aromatic N) is 3. The van der Waals surface area contributed by atoms with E-state index < -0.39 is 15.9 Å². The molecule has 4 heterocycles. The average Bonchev–Trinajstić information content (AvgIpc) is 3.25. The number of sulfone groups is 1. The third-order valence-corrected chi connectivity index (χ3v) is 8.34. The van der Waals surface area contributed by atoms with Gasteiger partial charge in [0.05, 0.1) is 28.0 Å². The maximum Gasteiger partial charge on any atom is 0.267 e. The summed E-state index contributed by atoms with van der Waals surface area (Å²) in [6.07, 6.45) is 4.18. The molecule has 0 spiro atoms. The smallest absolute Gasteiger partial charge is 0.267 e. The number of aromatic nitrogens is 2. The minimum atomic E-state index is -3.17. The summed E-state index contributed by atoms with van der Waals surface area (Å²) in [7, 11) is -1.56. The quantitative estimate of drug-likeness (QED) is 0.348. The molecule has 2 aromatic heterocycles. The van der Waals surface area contributed by atoms with Crippen LogP contribution in [0.5, 0.6) is 0 Å². The van der Waals surface area contributed by atoms with Gasteiger partial charge >= 0.3 is 0 Å². The van der Waals surface area contributed by atoms with Crippen molar-refractivity contribution in [1.29, 1.82) is 0 Å². The fourth-order valence-electron chi connectivity index (χ4n) is 3.70. The van der Waals surface area contributed by atoms with Gasteiger partial charge in [0, 0.05) is 26.5 Å². The zero-order chi connectivity index (χ0) is 22.9. The zero-order valence-electron chi connectivity index (χ0n) is 17.3. The number of hydrogen-bond donors (Lipinski definition) is 1. The van der Waals surface area contributed by atoms with Gasteiger partial charge in [-0.3, -0.25) is 18.9 Å². The fraction of sp³-hybridized carbons (Fsp3) is 0.400. The summed E-state index contributed by atoms with van der Waals surface area (Å²) in [6, 6.07) is 4.77. The van der Waals surface area contributed by atoms with Crippen LogP contribution in [-0.2, 0) is 19.4 Å². The van der Waals surface area contributed by atoms with Crippen molar-refractivity contribution in [3.63, 3.8) is 0 Å². The third kappa shape index (κ3) is 4.58. The van der Waals surface area contributed by atoms with E-state index >= 15 is 0 Å². The van der Waals surface area contributed by atoms with Crippen molar-refractivity contribution in [1.82, 2.24) is 14.3 Å². The Labute approximate surface area is 194 Å². The number of carbonyl (C=O) groups is 1. The van der Waals surface area contributed by atoms with E-state index in [-0.39, 0.29) is 33.4 Å². The number of nitrogens with one attached hydrogen (secondary N) is 1. The number of thiocarbonyl (C=S) groups is 1. The fourth-order valence-corrected chi connectivity index (χ4v) is 6.78. The molecule has 2 fully saturated rings. The van der Waals surface area contributed by atoms with E-state index in [1.54, 1.807) is 31.5 Å². The van der Waals surface area contributed by atoms with Crippen LogP contribution in [0.1, 0.15) is 18.4 Å². The van der Waals surface area contributed by atoms with Crippen molar-refractivity contribution in [3.05, 3.63) is 45.2 Å². The van der Waals surface area contributed by atoms with E-state index in [1.165, 1.54) is 15.4 Å². The number of ether oxygens (including phenoxy) is 1. The Bertz CT molecular complexity index is 1270. The summed E-state index contributed by atoms with van der Waals surface area (Å²) in [6.45, 7) is 1.09. The van der Waals surface area contributed by atoms with Crippen molar-refractivity contribution in [3.8, 4) is 0 Å². The molecule has 2 aliphatic heterocycles. The minimum absolute atomic E-state index is 0.0409. The van der Waals surface area contributed by atoms with Crippen LogP contribution in [0.2, 0.25) is 0 Å². The first-order chi connectivity index (χ1) is 15.3. The third-order valence-electron chi connectivity index (χ3n) is 5.26. The molecule has 2 saturated heterocycles. The van der Waals surface area contributed by atoms with Crippen LogP contribution >= 0.6 is 24.0 Å². The molecule has 0 aromatic carbocycles. The Morgan fingerprint density at radius 2 is 2.19 bits per heavy atom. The maximum atomic E-state index is 13.2. The van der Waals surface area contributed by atoms with Gasteiger partial charge in [-0.15, -0.1) is 0 Å². The maximum absolute atomic E-state index is 13.2. The van der Waals surface area contributed by atoms with Crippen LogP contribution in [0.15, 0.2) is 34.1 Å². The molecule has 2 aliphatic rings. The van der Waals surface area contributed by atoms with Crippen LogP contribution in [0, 0.1) is 0 Å². The van der Waals surface area contributed by atoms with E-state index in [4.69, 9.17) is 17.0 Å². The summed E-state index contributed by atoms with van der Waals surface area (Å²) >= 11 is 6.44. The summed E-state index contributed by atoms with van der Waals surface area (Å²) in [5.41, 5.74) is 0.400. The van der Waals surface area contributed by atoms with E-state index in [1.807, 2.05) is 0 Å². The molecule has 1 atom stereocenters. The second-order valence-electron chi connectivity index (χ2n) is 7.49. The van der Waals surface area contributed by atoms with Gasteiger partial charge in [0.1, 0.15) is 15.8 Å². The highest BCUT2D eigenvalue weighted by Crippen LogP contribution is 2.36. The summed E-state index contributed by atoms with van der Waals surface area (Å²) in [4.78, 5) is 32.5. The first-order valence-electron chi connectivity index (χ1n) is 10.0. The van der Waals surface area contributed by atoms with E-state index in [0.29, 0.717) is 41.8 Å². The molecular weight excluding hydrogens is 472 g/mol. The SMILES string of the molecule is COCCCNc1nc2ccccn2c(=O)c1C=C1SC(=S)N(C2CCS(=O)(=O)C2)C1=O. The van der Waals surface area contributed by atoms with Crippen molar-refractivity contribution in [2.24, 2.45) is 0 Å². The molecule has 9 nitrogen and oxygen atoms in total. The van der Waals surface area contributed by atoms with Gasteiger partial charge in [0.2, 0.25) is 0 Å². The number of pyridine rings is 1. The molecule has 32 heavy (non-hydrogen) atoms. The Hall–Kier alpha value is -2.28. The van der Waals surface area contributed by atoms with Crippen LogP contribution in [0.4, 0.5) is 5.82 Å². The first-order valence-corrected chi connectivity index (χ1v) is 13.1. The lowest BCUT2D eigenvalue weighted by atomic mass is 10.2. The van der Waals surface area contributed by atoms with E-state index in [9.17, 15) is 18.0 Å². The minimum Gasteiger partial charge on any atom is -0.385 e. The van der Waals surface area contributed by atoms with Gasteiger partial charge in [0.25, 0.3) is 11.5 Å². The molecule has 1 unspecified atom stereocenters. The zero-order valence-corrected chi connectivity index (χ0v) is 19.8. The lowest BCUT2D eigenvalue weighted by molar-refractivity contribution is -0.123. The van der Waals surface area contributed by atoms with Gasteiger partial charge < -0.3 is 10.1 Å². The van der Waals surface area contributed by atoms with Crippen molar-refractivity contribution < 1.29 is 17.9 Å². The van der Waals surface area contributed by atoms with Gasteiger partial charge in [-0.25, -0.2) is 13.4 Å². The highest BCUT2D eigenvalue weighted by molar-refractivity contribution is 8.26. The number of thioether (sulfide) groups is 1. The normalized spacial score (nSPS) is 21.7. The number of hydrogen-bond acceptors (Lipinski definition) is 9. The topological polar surface area (TPSA) is 110 Å². The molecule has 0 radical (unpaired) electrons. The Morgan fingerprint density at radius 3 is 2.91 bits per heavy atom. The lowest BCUT2D eigenvalue weighted by Crippen LogP contribution is -2.39. The van der Waals surface area contributed by atoms with Crippen LogP contribution in [0.3, 0.4) is 0 Å². The molecule has 0 bridgehead atoms. The Morgan fingerprint density at radius 1 is 1.38 bits per heavy atom. The van der Waals surface area contributed by atoms with E-state index in [2.05, 4.69) is 10.3 Å². The molecule has 2 aromatic rings. The summed E-state index contributed by atoms with van der Waals surface area (Å²) in [5, 5.41) is 3.16. The van der Waals surface area contributed by atoms with Gasteiger partial charge in [-0.05, 0) is 31.1 Å². The molecule has 12 heteroatoms. The summed E-state index contributed by atoms with van der Waals surface area (Å²) < 4.78 is 30.5. The molecule has 1 N–H and O–H groups in total. The number of carbonyl (C=O) groups excluding carboxylic acids is 1. The van der Waals surface area contributed by atoms with Gasteiger partial charge in [-0.1, -0.05) is 30.0 Å². The second-order valence-corrected chi connectivity index (χ2v) is 11.4. The predicted molar refractivity (Wildman–Crippen MR) is 129 cm³/mol. The molecule has 4 rings (SSSR count). The highest BCUT2D eigenvalue weighted by Gasteiger charge is 2.42. The second kappa shape index (κ2) is 9.30. The number of fused-ring (bicyclic) bond motifs is 1. The largest absolute Gasteiger partial charge is 0.385 e. The Balaban J connectivity index is 1.70. The van der Waals surface area contributed by atoms with Crippen LogP contribution < -0.4 is 10.9 Å². The monoisotopic (exact) mass is 494 g/mol. The number of amides is 1. The van der Waals surface area contributed by atoms with E-state index in [0.717, 1.165) is 11.8 Å². The number of methoxy groups -OCH3 is 1. The van der Waals surface area contributed by atoms with Crippen LogP contribution in [-0.4, -0.2) is 70.7 Å². The summed E-state index contributed by atoms with van der Waals surface area (Å²) in [5.74, 6) is -0.0747. The van der Waals surface area contributed by atoms with Crippen molar-refractivity contribution >= 4 is 61.6 Å². The average molecular weight is 495 g/mol. The predicted octanol–water partition coefficient (Wildman–Crippen LogP) is 1.53. The van der Waals surface area contributed by atoms with Crippen LogP contribution in [0.25, 0.3) is 11.7 Å².